The van der Waals surface area contributed by atoms with E-state index in [-0.39, 0.29) is 0 Å². The van der Waals surface area contributed by atoms with Crippen LogP contribution in [0.4, 0.5) is 0 Å². The number of hydrogen-bond acceptors (Lipinski definition) is 4. The fraction of sp³-hybridized carbons (Fsp3) is 0.412. The average molecular weight is 297 g/mol. The maximum atomic E-state index is 11.8. The second-order valence-corrected chi connectivity index (χ2v) is 6.20. The van der Waals surface area contributed by atoms with Gasteiger partial charge in [0.15, 0.2) is 0 Å². The van der Waals surface area contributed by atoms with Gasteiger partial charge in [0.05, 0.1) is 0 Å². The zero-order valence-corrected chi connectivity index (χ0v) is 12.4. The predicted octanol–water partition coefficient (Wildman–Crippen LogP) is 2.75. The highest BCUT2D eigenvalue weighted by atomic mass is 16.5. The number of carbonyl (C=O) groups is 1. The molecule has 0 saturated heterocycles. The van der Waals surface area contributed by atoms with Crippen LogP contribution in [0.15, 0.2) is 34.5 Å². The van der Waals surface area contributed by atoms with Gasteiger partial charge in [-0.25, -0.2) is 10.5 Å². The largest absolute Gasteiger partial charge is 0.351 e. The Kier molecular flexibility index (Phi) is 3.22. The molecule has 5 nitrogen and oxygen atoms in total. The Morgan fingerprint density at radius 1 is 1.23 bits per heavy atom. The van der Waals surface area contributed by atoms with Gasteiger partial charge in [-0.1, -0.05) is 12.1 Å². The topological polar surface area (TPSA) is 64.9 Å². The Morgan fingerprint density at radius 3 is 2.91 bits per heavy atom. The molecule has 0 unspecified atom stereocenters. The Labute approximate surface area is 129 Å². The highest BCUT2D eigenvalue weighted by Gasteiger charge is 2.29. The molecule has 0 bridgehead atoms. The van der Waals surface area contributed by atoms with Gasteiger partial charge >= 0.3 is 0 Å². The standard InChI is InChI=1S/C17H19N3O2/c21-17(19-22)13-6-3-5-12-9-20(10-14(12)13)16-8-11-4-1-2-7-15(11)18-16/h3,5-6,22H,1-2,4,7-10H2,(H,19,21). The summed E-state index contributed by atoms with van der Waals surface area (Å²) in [4.78, 5) is 18.9. The van der Waals surface area contributed by atoms with Gasteiger partial charge in [0.25, 0.3) is 5.91 Å². The van der Waals surface area contributed by atoms with E-state index in [2.05, 4.69) is 4.90 Å². The molecule has 114 valence electrons. The molecule has 1 aliphatic carbocycles. The Morgan fingerprint density at radius 2 is 2.09 bits per heavy atom. The summed E-state index contributed by atoms with van der Waals surface area (Å²) < 4.78 is 0. The molecule has 0 spiro atoms. The third-order valence-corrected chi connectivity index (χ3v) is 4.88. The number of carbonyl (C=O) groups excluding carboxylic acids is 1. The molecule has 0 radical (unpaired) electrons. The molecule has 22 heavy (non-hydrogen) atoms. The highest BCUT2D eigenvalue weighted by Crippen LogP contribution is 2.36. The molecule has 0 aromatic heterocycles. The van der Waals surface area contributed by atoms with Crippen molar-refractivity contribution >= 4 is 11.7 Å². The van der Waals surface area contributed by atoms with Crippen molar-refractivity contribution in [3.05, 3.63) is 46.2 Å². The van der Waals surface area contributed by atoms with E-state index in [1.54, 1.807) is 11.5 Å². The number of fused-ring (bicyclic) bond motifs is 1. The van der Waals surface area contributed by atoms with E-state index in [4.69, 9.17) is 10.2 Å². The van der Waals surface area contributed by atoms with Gasteiger partial charge in [-0.3, -0.25) is 10.0 Å². The van der Waals surface area contributed by atoms with Crippen molar-refractivity contribution in [2.45, 2.75) is 45.2 Å². The van der Waals surface area contributed by atoms with Gasteiger partial charge in [0.2, 0.25) is 0 Å². The molecule has 0 atom stereocenters. The maximum absolute atomic E-state index is 11.8. The van der Waals surface area contributed by atoms with E-state index in [1.165, 1.54) is 30.5 Å². The van der Waals surface area contributed by atoms with Crippen molar-refractivity contribution in [3.8, 4) is 0 Å². The second kappa shape index (κ2) is 5.25. The molecular weight excluding hydrogens is 278 g/mol. The van der Waals surface area contributed by atoms with Crippen LogP contribution in [0.1, 0.15) is 53.6 Å². The molecule has 1 amide bonds. The lowest BCUT2D eigenvalue weighted by atomic mass is 9.96. The van der Waals surface area contributed by atoms with Gasteiger partial charge in [0, 0.05) is 30.8 Å². The number of allylic oxidation sites excluding steroid dienone is 1. The molecule has 2 N–H and O–H groups in total. The Balaban J connectivity index is 1.57. The van der Waals surface area contributed by atoms with Crippen LogP contribution in [0.25, 0.3) is 0 Å². The van der Waals surface area contributed by atoms with E-state index in [0.717, 1.165) is 36.3 Å². The maximum Gasteiger partial charge on any atom is 0.274 e. The van der Waals surface area contributed by atoms with Crippen molar-refractivity contribution in [2.24, 2.45) is 4.99 Å². The van der Waals surface area contributed by atoms with Crippen LogP contribution in [0.3, 0.4) is 0 Å². The van der Waals surface area contributed by atoms with Crippen LogP contribution in [-0.2, 0) is 13.1 Å². The molecule has 1 aromatic rings. The third-order valence-electron chi connectivity index (χ3n) is 4.88. The third kappa shape index (κ3) is 2.13. The summed E-state index contributed by atoms with van der Waals surface area (Å²) in [6, 6.07) is 5.67. The summed E-state index contributed by atoms with van der Waals surface area (Å²) >= 11 is 0. The number of hydrogen-bond donors (Lipinski definition) is 2. The fourth-order valence-corrected chi connectivity index (χ4v) is 3.72. The summed E-state index contributed by atoms with van der Waals surface area (Å²) in [5.74, 6) is 0.697. The lowest BCUT2D eigenvalue weighted by Gasteiger charge is -2.18. The summed E-state index contributed by atoms with van der Waals surface area (Å²) in [6.45, 7) is 1.49. The SMILES string of the molecule is O=C(NO)c1cccc2c1CN(C1=NC3=C(CCCC3)C1)C2. The van der Waals surface area contributed by atoms with E-state index in [9.17, 15) is 4.79 Å². The molecule has 4 rings (SSSR count). The summed E-state index contributed by atoms with van der Waals surface area (Å²) in [6.07, 6.45) is 5.78. The Hall–Kier alpha value is -2.14. The molecule has 2 heterocycles. The number of hydroxylamine groups is 1. The number of aliphatic imine (C=N–C) groups is 1. The smallest absolute Gasteiger partial charge is 0.274 e. The highest BCUT2D eigenvalue weighted by molar-refractivity contribution is 5.96. The monoisotopic (exact) mass is 297 g/mol. The van der Waals surface area contributed by atoms with Gasteiger partial charge in [-0.2, -0.15) is 0 Å². The van der Waals surface area contributed by atoms with E-state index in [1.807, 2.05) is 12.1 Å². The first-order valence-corrected chi connectivity index (χ1v) is 7.85. The minimum Gasteiger partial charge on any atom is -0.351 e. The number of rotatable bonds is 1. The van der Waals surface area contributed by atoms with Crippen molar-refractivity contribution in [1.82, 2.24) is 10.4 Å². The fourth-order valence-electron chi connectivity index (χ4n) is 3.72. The molecule has 0 fully saturated rings. The molecule has 2 aliphatic heterocycles. The average Bonchev–Trinajstić information content (AvgIpc) is 3.16. The zero-order chi connectivity index (χ0) is 15.1. The summed E-state index contributed by atoms with van der Waals surface area (Å²) in [5.41, 5.74) is 7.24. The zero-order valence-electron chi connectivity index (χ0n) is 12.4. The van der Waals surface area contributed by atoms with E-state index < -0.39 is 5.91 Å². The van der Waals surface area contributed by atoms with Crippen LogP contribution in [0, 0.1) is 0 Å². The summed E-state index contributed by atoms with van der Waals surface area (Å²) in [7, 11) is 0. The lowest BCUT2D eigenvalue weighted by Crippen LogP contribution is -2.25. The predicted molar refractivity (Wildman–Crippen MR) is 82.5 cm³/mol. The number of nitrogens with one attached hydrogen (secondary N) is 1. The molecule has 1 aromatic carbocycles. The number of benzene rings is 1. The van der Waals surface area contributed by atoms with Gasteiger partial charge in [-0.15, -0.1) is 0 Å². The quantitative estimate of drug-likeness (QED) is 0.619. The van der Waals surface area contributed by atoms with Crippen LogP contribution in [0.5, 0.6) is 0 Å². The number of nitrogens with zero attached hydrogens (tertiary/aromatic N) is 2. The molecular formula is C17H19N3O2. The first-order valence-electron chi connectivity index (χ1n) is 7.85. The normalized spacial score (nSPS) is 19.9. The lowest BCUT2D eigenvalue weighted by molar-refractivity contribution is 0.0705. The second-order valence-electron chi connectivity index (χ2n) is 6.20. The minimum atomic E-state index is -0.440. The number of amidine groups is 1. The summed E-state index contributed by atoms with van der Waals surface area (Å²) in [5, 5.41) is 8.89. The van der Waals surface area contributed by atoms with E-state index >= 15 is 0 Å². The minimum absolute atomic E-state index is 0.440. The number of amides is 1. The van der Waals surface area contributed by atoms with Crippen LogP contribution in [0.2, 0.25) is 0 Å². The molecule has 3 aliphatic rings. The van der Waals surface area contributed by atoms with Crippen molar-refractivity contribution in [3.63, 3.8) is 0 Å². The van der Waals surface area contributed by atoms with Crippen molar-refractivity contribution in [2.75, 3.05) is 0 Å². The van der Waals surface area contributed by atoms with Crippen LogP contribution >= 0.6 is 0 Å². The van der Waals surface area contributed by atoms with Crippen molar-refractivity contribution in [1.29, 1.82) is 0 Å². The first kappa shape index (κ1) is 13.5. The van der Waals surface area contributed by atoms with Gasteiger partial charge < -0.3 is 4.90 Å². The van der Waals surface area contributed by atoms with Crippen LogP contribution in [-0.4, -0.2) is 21.8 Å². The van der Waals surface area contributed by atoms with Crippen molar-refractivity contribution < 1.29 is 10.0 Å². The van der Waals surface area contributed by atoms with Gasteiger partial charge in [-0.05, 0) is 48.4 Å². The van der Waals surface area contributed by atoms with Crippen LogP contribution < -0.4 is 5.48 Å². The van der Waals surface area contributed by atoms with Gasteiger partial charge in [0.1, 0.15) is 5.84 Å². The Bertz CT molecular complexity index is 706. The molecule has 0 saturated carbocycles. The van der Waals surface area contributed by atoms with E-state index in [0.29, 0.717) is 12.1 Å². The molecule has 5 heteroatoms. The first-order chi connectivity index (χ1) is 10.8.